The minimum absolute atomic E-state index is 0.213. The van der Waals surface area contributed by atoms with Gasteiger partial charge in [0.25, 0.3) is 0 Å². The second kappa shape index (κ2) is 7.07. The zero-order valence-electron chi connectivity index (χ0n) is 12.2. The molecule has 0 fully saturated rings. The fourth-order valence-corrected chi connectivity index (χ4v) is 2.66. The first-order chi connectivity index (χ1) is 10.1. The highest BCUT2D eigenvalue weighted by Gasteiger charge is 2.33. The molecule has 0 saturated heterocycles. The van der Waals surface area contributed by atoms with Crippen molar-refractivity contribution >= 4 is 17.6 Å². The second-order valence-electron chi connectivity index (χ2n) is 5.43. The number of allylic oxidation sites excluding steroid dienone is 2. The Hall–Kier alpha value is -2.10. The summed E-state index contributed by atoms with van der Waals surface area (Å²) < 4.78 is 0. The molecular weight excluding hydrogens is 266 g/mol. The molecule has 0 aliphatic heterocycles. The molecule has 2 atom stereocenters. The molecule has 0 aromatic heterocycles. The monoisotopic (exact) mass is 287 g/mol. The average molecular weight is 287 g/mol. The van der Waals surface area contributed by atoms with E-state index >= 15 is 0 Å². The number of carboxylic acids is 1. The number of rotatable bonds is 5. The van der Waals surface area contributed by atoms with Crippen LogP contribution >= 0.6 is 0 Å². The Bertz CT molecular complexity index is 533. The Morgan fingerprint density at radius 1 is 1.14 bits per heavy atom. The molecule has 2 rings (SSSR count). The number of hydrogen-bond donors (Lipinski definition) is 2. The summed E-state index contributed by atoms with van der Waals surface area (Å²) in [6.07, 6.45) is 6.72. The van der Waals surface area contributed by atoms with Crippen LogP contribution in [0.1, 0.15) is 31.7 Å². The molecule has 1 aromatic rings. The van der Waals surface area contributed by atoms with E-state index in [0.29, 0.717) is 12.8 Å². The predicted octanol–water partition coefficient (Wildman–Crippen LogP) is 3.24. The van der Waals surface area contributed by atoms with Crippen LogP contribution in [0.3, 0.4) is 0 Å². The Kier molecular flexibility index (Phi) is 5.14. The lowest BCUT2D eigenvalue weighted by atomic mass is 9.82. The average Bonchev–Trinajstić information content (AvgIpc) is 2.49. The molecule has 0 heterocycles. The summed E-state index contributed by atoms with van der Waals surface area (Å²) in [5.74, 6) is -2.25. The number of aliphatic carboxylic acids is 1. The van der Waals surface area contributed by atoms with Crippen molar-refractivity contribution in [2.24, 2.45) is 11.8 Å². The highest BCUT2D eigenvalue weighted by Crippen LogP contribution is 2.27. The van der Waals surface area contributed by atoms with Crippen LogP contribution in [0.2, 0.25) is 0 Å². The molecule has 1 aliphatic carbocycles. The minimum Gasteiger partial charge on any atom is -0.481 e. The molecule has 2 unspecified atom stereocenters. The van der Waals surface area contributed by atoms with Gasteiger partial charge in [-0.3, -0.25) is 9.59 Å². The van der Waals surface area contributed by atoms with Crippen molar-refractivity contribution in [3.63, 3.8) is 0 Å². The van der Waals surface area contributed by atoms with Crippen LogP contribution in [0.4, 0.5) is 5.69 Å². The lowest BCUT2D eigenvalue weighted by molar-refractivity contribution is -0.146. The lowest BCUT2D eigenvalue weighted by Crippen LogP contribution is -2.34. The van der Waals surface area contributed by atoms with Gasteiger partial charge in [-0.05, 0) is 37.0 Å². The summed E-state index contributed by atoms with van der Waals surface area (Å²) in [7, 11) is 0. The standard InChI is InChI=1S/C17H21NO3/c1-2-5-12-8-10-13(11-9-12)18-16(19)14-6-3-4-7-15(14)17(20)21/h3-4,8-11,14-15H,2,5-7H2,1H3,(H,18,19)(H,20,21). The number of carboxylic acid groups (broad SMARTS) is 1. The lowest BCUT2D eigenvalue weighted by Gasteiger charge is -2.24. The maximum absolute atomic E-state index is 12.3. The van der Waals surface area contributed by atoms with Crippen molar-refractivity contribution in [1.82, 2.24) is 0 Å². The molecule has 0 saturated carbocycles. The van der Waals surface area contributed by atoms with Gasteiger partial charge in [0.05, 0.1) is 11.8 Å². The maximum atomic E-state index is 12.3. The number of nitrogens with one attached hydrogen (secondary N) is 1. The van der Waals surface area contributed by atoms with Gasteiger partial charge in [0.15, 0.2) is 0 Å². The maximum Gasteiger partial charge on any atom is 0.307 e. The summed E-state index contributed by atoms with van der Waals surface area (Å²) >= 11 is 0. The van der Waals surface area contributed by atoms with Crippen LogP contribution < -0.4 is 5.32 Å². The molecule has 112 valence electrons. The van der Waals surface area contributed by atoms with Crippen LogP contribution in [-0.2, 0) is 16.0 Å². The Morgan fingerprint density at radius 3 is 2.33 bits per heavy atom. The minimum atomic E-state index is -0.905. The molecule has 4 nitrogen and oxygen atoms in total. The van der Waals surface area contributed by atoms with Crippen molar-refractivity contribution in [1.29, 1.82) is 0 Å². The number of anilines is 1. The summed E-state index contributed by atoms with van der Waals surface area (Å²) in [4.78, 5) is 23.5. The zero-order valence-corrected chi connectivity index (χ0v) is 12.2. The molecular formula is C17H21NO3. The van der Waals surface area contributed by atoms with E-state index in [4.69, 9.17) is 0 Å². The predicted molar refractivity (Wildman–Crippen MR) is 82.1 cm³/mol. The van der Waals surface area contributed by atoms with E-state index in [0.717, 1.165) is 18.5 Å². The third-order valence-corrected chi connectivity index (χ3v) is 3.85. The molecule has 1 aliphatic rings. The van der Waals surface area contributed by atoms with Crippen molar-refractivity contribution < 1.29 is 14.7 Å². The normalized spacial score (nSPS) is 21.0. The molecule has 0 spiro atoms. The highest BCUT2D eigenvalue weighted by molar-refractivity contribution is 5.95. The Labute approximate surface area is 124 Å². The quantitative estimate of drug-likeness (QED) is 0.817. The smallest absolute Gasteiger partial charge is 0.307 e. The number of amides is 1. The van der Waals surface area contributed by atoms with E-state index < -0.39 is 17.8 Å². The molecule has 2 N–H and O–H groups in total. The van der Waals surface area contributed by atoms with Gasteiger partial charge in [0.2, 0.25) is 5.91 Å². The summed E-state index contributed by atoms with van der Waals surface area (Å²) in [6, 6.07) is 7.73. The summed E-state index contributed by atoms with van der Waals surface area (Å²) in [5, 5.41) is 12.0. The molecule has 4 heteroatoms. The van der Waals surface area contributed by atoms with Crippen LogP contribution in [0.25, 0.3) is 0 Å². The van der Waals surface area contributed by atoms with E-state index in [1.165, 1.54) is 5.56 Å². The topological polar surface area (TPSA) is 66.4 Å². The SMILES string of the molecule is CCCc1ccc(NC(=O)C2CC=CCC2C(=O)O)cc1. The fourth-order valence-electron chi connectivity index (χ4n) is 2.66. The van der Waals surface area contributed by atoms with Crippen LogP contribution in [0.15, 0.2) is 36.4 Å². The van der Waals surface area contributed by atoms with Gasteiger partial charge < -0.3 is 10.4 Å². The van der Waals surface area contributed by atoms with Gasteiger partial charge in [-0.25, -0.2) is 0 Å². The highest BCUT2D eigenvalue weighted by atomic mass is 16.4. The largest absolute Gasteiger partial charge is 0.481 e. The van der Waals surface area contributed by atoms with Crippen LogP contribution in [0, 0.1) is 11.8 Å². The third-order valence-electron chi connectivity index (χ3n) is 3.85. The third kappa shape index (κ3) is 3.94. The first-order valence-electron chi connectivity index (χ1n) is 7.39. The molecule has 21 heavy (non-hydrogen) atoms. The first-order valence-corrected chi connectivity index (χ1v) is 7.39. The van der Waals surface area contributed by atoms with Crippen molar-refractivity contribution in [2.75, 3.05) is 5.32 Å². The molecule has 1 aromatic carbocycles. The van der Waals surface area contributed by atoms with Gasteiger partial charge >= 0.3 is 5.97 Å². The Balaban J connectivity index is 2.02. The fraction of sp³-hybridized carbons (Fsp3) is 0.412. The van der Waals surface area contributed by atoms with Crippen LogP contribution in [-0.4, -0.2) is 17.0 Å². The summed E-state index contributed by atoms with van der Waals surface area (Å²) in [6.45, 7) is 2.12. The van der Waals surface area contributed by atoms with Gasteiger partial charge in [0, 0.05) is 5.69 Å². The molecule has 0 bridgehead atoms. The van der Waals surface area contributed by atoms with E-state index in [2.05, 4.69) is 12.2 Å². The molecule has 0 radical (unpaired) electrons. The van der Waals surface area contributed by atoms with Crippen molar-refractivity contribution in [3.05, 3.63) is 42.0 Å². The summed E-state index contributed by atoms with van der Waals surface area (Å²) in [5.41, 5.74) is 1.96. The van der Waals surface area contributed by atoms with E-state index in [1.807, 2.05) is 36.4 Å². The first kappa shape index (κ1) is 15.3. The van der Waals surface area contributed by atoms with E-state index in [9.17, 15) is 14.7 Å². The van der Waals surface area contributed by atoms with Gasteiger partial charge in [-0.2, -0.15) is 0 Å². The number of aryl methyl sites for hydroxylation is 1. The number of benzene rings is 1. The Morgan fingerprint density at radius 2 is 1.76 bits per heavy atom. The van der Waals surface area contributed by atoms with Gasteiger partial charge in [0.1, 0.15) is 0 Å². The van der Waals surface area contributed by atoms with Crippen molar-refractivity contribution in [3.8, 4) is 0 Å². The number of carbonyl (C=O) groups is 2. The number of hydrogen-bond acceptors (Lipinski definition) is 2. The second-order valence-corrected chi connectivity index (χ2v) is 5.43. The van der Waals surface area contributed by atoms with Gasteiger partial charge in [-0.15, -0.1) is 0 Å². The van der Waals surface area contributed by atoms with E-state index in [1.54, 1.807) is 0 Å². The molecule has 1 amide bonds. The van der Waals surface area contributed by atoms with Gasteiger partial charge in [-0.1, -0.05) is 37.6 Å². The van der Waals surface area contributed by atoms with Crippen molar-refractivity contribution in [2.45, 2.75) is 32.6 Å². The number of carbonyl (C=O) groups excluding carboxylic acids is 1. The van der Waals surface area contributed by atoms with Crippen LogP contribution in [0.5, 0.6) is 0 Å². The van der Waals surface area contributed by atoms with E-state index in [-0.39, 0.29) is 5.91 Å². The zero-order chi connectivity index (χ0) is 15.2.